The number of alkyl halides is 5. The molecule has 1 aromatic rings. The van der Waals surface area contributed by atoms with Crippen LogP contribution in [0.4, 0.5) is 22.0 Å². The van der Waals surface area contributed by atoms with Crippen molar-refractivity contribution in [1.29, 1.82) is 0 Å². The third kappa shape index (κ3) is 2.72. The normalized spacial score (nSPS) is 12.3. The summed E-state index contributed by atoms with van der Waals surface area (Å²) in [5.74, 6) is 0. The van der Waals surface area contributed by atoms with E-state index in [1.54, 1.807) is 0 Å². The lowest BCUT2D eigenvalue weighted by Gasteiger charge is -2.11. The smallest absolute Gasteiger partial charge is 0.205 e. The molecule has 0 heterocycles. The first-order chi connectivity index (χ1) is 6.73. The lowest BCUT2D eigenvalue weighted by Crippen LogP contribution is -2.06. The highest BCUT2D eigenvalue weighted by Crippen LogP contribution is 2.39. The van der Waals surface area contributed by atoms with Gasteiger partial charge in [0.05, 0.1) is 15.6 Å². The minimum Gasteiger partial charge on any atom is -0.205 e. The first kappa shape index (κ1) is 12.5. The Balaban J connectivity index is 3.36. The quantitative estimate of drug-likeness (QED) is 0.630. The standard InChI is InChI=1S/C8H3Cl2F5/c9-5-2-3(8(13,14)15)1-4(6(5)10)7(11)12/h1-2,7H. The second-order valence-electron chi connectivity index (χ2n) is 2.66. The van der Waals surface area contributed by atoms with Crippen molar-refractivity contribution in [3.8, 4) is 0 Å². The molecule has 0 bridgehead atoms. The van der Waals surface area contributed by atoms with Crippen molar-refractivity contribution in [2.75, 3.05) is 0 Å². The van der Waals surface area contributed by atoms with Crippen LogP contribution in [0.1, 0.15) is 17.6 Å². The van der Waals surface area contributed by atoms with Gasteiger partial charge in [-0.15, -0.1) is 0 Å². The first-order valence-electron chi connectivity index (χ1n) is 3.57. The van der Waals surface area contributed by atoms with E-state index in [0.29, 0.717) is 12.1 Å². The molecule has 1 rings (SSSR count). The summed E-state index contributed by atoms with van der Waals surface area (Å²) in [6.07, 6.45) is -7.82. The maximum atomic E-state index is 12.3. The van der Waals surface area contributed by atoms with Crippen molar-refractivity contribution in [3.63, 3.8) is 0 Å². The maximum Gasteiger partial charge on any atom is 0.416 e. The van der Waals surface area contributed by atoms with Crippen molar-refractivity contribution in [1.82, 2.24) is 0 Å². The number of rotatable bonds is 1. The Labute approximate surface area is 91.6 Å². The summed E-state index contributed by atoms with van der Waals surface area (Å²) in [7, 11) is 0. The molecule has 15 heavy (non-hydrogen) atoms. The predicted octanol–water partition coefficient (Wildman–Crippen LogP) is 4.95. The van der Waals surface area contributed by atoms with Gasteiger partial charge >= 0.3 is 6.18 Å². The number of hydrogen-bond acceptors (Lipinski definition) is 0. The zero-order valence-electron chi connectivity index (χ0n) is 6.88. The van der Waals surface area contributed by atoms with Crippen molar-refractivity contribution >= 4 is 23.2 Å². The molecule has 0 spiro atoms. The lowest BCUT2D eigenvalue weighted by atomic mass is 10.1. The van der Waals surface area contributed by atoms with Gasteiger partial charge in [0.25, 0.3) is 6.43 Å². The minimum atomic E-state index is -4.72. The molecule has 0 aliphatic carbocycles. The van der Waals surface area contributed by atoms with Crippen LogP contribution in [-0.2, 0) is 6.18 Å². The van der Waals surface area contributed by atoms with Crippen LogP contribution in [0.5, 0.6) is 0 Å². The van der Waals surface area contributed by atoms with E-state index >= 15 is 0 Å². The Morgan fingerprint density at radius 2 is 1.60 bits per heavy atom. The highest BCUT2D eigenvalue weighted by molar-refractivity contribution is 6.42. The summed E-state index contributed by atoms with van der Waals surface area (Å²) in [5.41, 5.74) is -2.16. The zero-order valence-corrected chi connectivity index (χ0v) is 8.39. The fraction of sp³-hybridized carbons (Fsp3) is 0.250. The molecule has 0 unspecified atom stereocenters. The van der Waals surface area contributed by atoms with E-state index in [0.717, 1.165) is 0 Å². The largest absolute Gasteiger partial charge is 0.416 e. The van der Waals surface area contributed by atoms with Crippen LogP contribution in [0.15, 0.2) is 12.1 Å². The summed E-state index contributed by atoms with van der Waals surface area (Å²) >= 11 is 10.6. The molecule has 0 saturated carbocycles. The summed E-state index contributed by atoms with van der Waals surface area (Å²) in [5, 5.41) is -1.10. The average Bonchev–Trinajstić information content (AvgIpc) is 2.06. The summed E-state index contributed by atoms with van der Waals surface area (Å²) < 4.78 is 61.1. The van der Waals surface area contributed by atoms with Gasteiger partial charge in [-0.1, -0.05) is 23.2 Å². The van der Waals surface area contributed by atoms with Gasteiger partial charge in [0.2, 0.25) is 0 Å². The maximum absolute atomic E-state index is 12.3. The fourth-order valence-corrected chi connectivity index (χ4v) is 1.35. The average molecular weight is 265 g/mol. The number of hydrogen-bond donors (Lipinski definition) is 0. The van der Waals surface area contributed by atoms with Crippen LogP contribution in [0.3, 0.4) is 0 Å². The first-order valence-corrected chi connectivity index (χ1v) is 4.33. The molecule has 0 aliphatic rings. The van der Waals surface area contributed by atoms with Gasteiger partial charge in [0.1, 0.15) is 0 Å². The van der Waals surface area contributed by atoms with E-state index in [2.05, 4.69) is 0 Å². The molecule has 0 amide bonds. The fourth-order valence-electron chi connectivity index (χ4n) is 0.933. The Morgan fingerprint density at radius 3 is 2.00 bits per heavy atom. The molecule has 0 saturated heterocycles. The van der Waals surface area contributed by atoms with Gasteiger partial charge in [-0.25, -0.2) is 8.78 Å². The van der Waals surface area contributed by atoms with Crippen LogP contribution in [0.2, 0.25) is 10.0 Å². The number of benzene rings is 1. The summed E-state index contributed by atoms with van der Waals surface area (Å²) in [6, 6.07) is 0.800. The molecule has 7 heteroatoms. The van der Waals surface area contributed by atoms with Crippen LogP contribution in [0.25, 0.3) is 0 Å². The summed E-state index contributed by atoms with van der Waals surface area (Å²) in [6.45, 7) is 0. The van der Waals surface area contributed by atoms with Crippen LogP contribution < -0.4 is 0 Å². The molecule has 0 nitrogen and oxygen atoms in total. The van der Waals surface area contributed by atoms with Crippen LogP contribution >= 0.6 is 23.2 Å². The van der Waals surface area contributed by atoms with Crippen LogP contribution in [-0.4, -0.2) is 0 Å². The molecule has 1 aromatic carbocycles. The van der Waals surface area contributed by atoms with E-state index in [4.69, 9.17) is 23.2 Å². The van der Waals surface area contributed by atoms with Gasteiger partial charge in [-0.05, 0) is 12.1 Å². The van der Waals surface area contributed by atoms with Gasteiger partial charge in [-0.2, -0.15) is 13.2 Å². The van der Waals surface area contributed by atoms with E-state index in [1.807, 2.05) is 0 Å². The molecule has 0 fully saturated rings. The van der Waals surface area contributed by atoms with Crippen molar-refractivity contribution in [2.24, 2.45) is 0 Å². The third-order valence-electron chi connectivity index (χ3n) is 1.62. The molecule has 0 atom stereocenters. The molecule has 0 radical (unpaired) electrons. The predicted molar refractivity (Wildman–Crippen MR) is 46.4 cm³/mol. The Hall–Kier alpha value is -0.550. The molecular weight excluding hydrogens is 262 g/mol. The van der Waals surface area contributed by atoms with E-state index < -0.39 is 33.8 Å². The van der Waals surface area contributed by atoms with Crippen molar-refractivity contribution in [3.05, 3.63) is 33.3 Å². The molecular formula is C8H3Cl2F5. The van der Waals surface area contributed by atoms with E-state index in [1.165, 1.54) is 0 Å². The second kappa shape index (κ2) is 4.14. The van der Waals surface area contributed by atoms with Crippen molar-refractivity contribution in [2.45, 2.75) is 12.6 Å². The summed E-state index contributed by atoms with van der Waals surface area (Å²) in [4.78, 5) is 0. The second-order valence-corrected chi connectivity index (χ2v) is 3.44. The molecule has 0 aromatic heterocycles. The lowest BCUT2D eigenvalue weighted by molar-refractivity contribution is -0.137. The van der Waals surface area contributed by atoms with Crippen molar-refractivity contribution < 1.29 is 22.0 Å². The van der Waals surface area contributed by atoms with Gasteiger partial charge in [0.15, 0.2) is 0 Å². The molecule has 0 N–H and O–H groups in total. The van der Waals surface area contributed by atoms with Gasteiger partial charge < -0.3 is 0 Å². The highest BCUT2D eigenvalue weighted by Gasteiger charge is 2.33. The molecule has 84 valence electrons. The Morgan fingerprint density at radius 1 is 1.07 bits per heavy atom. The van der Waals surface area contributed by atoms with Gasteiger partial charge in [-0.3, -0.25) is 0 Å². The van der Waals surface area contributed by atoms with E-state index in [-0.39, 0.29) is 0 Å². The van der Waals surface area contributed by atoms with Crippen LogP contribution in [0, 0.1) is 0 Å². The highest BCUT2D eigenvalue weighted by atomic mass is 35.5. The Bertz CT molecular complexity index is 372. The topological polar surface area (TPSA) is 0 Å². The van der Waals surface area contributed by atoms with Gasteiger partial charge in [0, 0.05) is 5.56 Å². The number of halogens is 7. The zero-order chi connectivity index (χ0) is 11.8. The monoisotopic (exact) mass is 264 g/mol. The molecule has 0 aliphatic heterocycles. The SMILES string of the molecule is FC(F)c1cc(C(F)(F)F)cc(Cl)c1Cl. The van der Waals surface area contributed by atoms with E-state index in [9.17, 15) is 22.0 Å². The minimum absolute atomic E-state index is 0.291. The Kier molecular flexibility index (Phi) is 3.45. The third-order valence-corrected chi connectivity index (χ3v) is 2.44.